The largest absolute Gasteiger partial charge is 0.300 e. The van der Waals surface area contributed by atoms with Crippen molar-refractivity contribution in [2.75, 3.05) is 7.05 Å². The highest BCUT2D eigenvalue weighted by atomic mass is 32.1. The molecule has 2 aromatic carbocycles. The van der Waals surface area contributed by atoms with Gasteiger partial charge < -0.3 is 0 Å². The molecule has 5 heteroatoms. The number of rotatable bonds is 7. The molecular formula is C21H26N4S. The van der Waals surface area contributed by atoms with E-state index in [0.717, 1.165) is 35.7 Å². The summed E-state index contributed by atoms with van der Waals surface area (Å²) in [6, 6.07) is 18.9. The fourth-order valence-corrected chi connectivity index (χ4v) is 3.41. The number of nitrogens with zero attached hydrogens (tertiary/aromatic N) is 4. The zero-order chi connectivity index (χ0) is 18.5. The highest BCUT2D eigenvalue weighted by molar-refractivity contribution is 7.71. The Hall–Kier alpha value is -2.24. The van der Waals surface area contributed by atoms with Crippen LogP contribution >= 0.6 is 12.2 Å². The minimum absolute atomic E-state index is 0.670. The second kappa shape index (κ2) is 8.43. The molecule has 0 spiro atoms. The molecule has 0 aliphatic rings. The van der Waals surface area contributed by atoms with Gasteiger partial charge in [-0.15, -0.1) is 0 Å². The Morgan fingerprint density at radius 3 is 2.54 bits per heavy atom. The molecule has 0 atom stereocenters. The van der Waals surface area contributed by atoms with Crippen LogP contribution in [0.2, 0.25) is 0 Å². The zero-order valence-corrected chi connectivity index (χ0v) is 16.5. The number of hydrogen-bond donors (Lipinski definition) is 0. The fraction of sp³-hybridized carbons (Fsp3) is 0.333. The molecule has 0 fully saturated rings. The van der Waals surface area contributed by atoms with Crippen molar-refractivity contribution < 1.29 is 0 Å². The van der Waals surface area contributed by atoms with E-state index in [-0.39, 0.29) is 0 Å². The minimum Gasteiger partial charge on any atom is -0.300 e. The molecule has 1 aromatic heterocycles. The lowest BCUT2D eigenvalue weighted by atomic mass is 10.1. The summed E-state index contributed by atoms with van der Waals surface area (Å²) in [7, 11) is 2.10. The molecule has 0 saturated carbocycles. The molecule has 0 saturated heterocycles. The lowest BCUT2D eigenvalue weighted by Crippen LogP contribution is -2.22. The van der Waals surface area contributed by atoms with Gasteiger partial charge >= 0.3 is 0 Å². The average Bonchev–Trinajstić information content (AvgIpc) is 2.92. The summed E-state index contributed by atoms with van der Waals surface area (Å²) in [6.07, 6.45) is 1.03. The van der Waals surface area contributed by atoms with Gasteiger partial charge in [-0.25, -0.2) is 4.68 Å². The molecule has 0 aliphatic heterocycles. The van der Waals surface area contributed by atoms with E-state index in [1.165, 1.54) is 11.1 Å². The standard InChI is InChI=1S/C21H26N4S/c1-4-13-24-20(19-12-8-9-17(2)14-19)22-25(21(24)26)16-23(3)15-18-10-6-5-7-11-18/h5-12,14H,4,13,15-16H2,1-3H3. The van der Waals surface area contributed by atoms with E-state index in [0.29, 0.717) is 6.67 Å². The summed E-state index contributed by atoms with van der Waals surface area (Å²) < 4.78 is 4.87. The predicted molar refractivity (Wildman–Crippen MR) is 109 cm³/mol. The number of benzene rings is 2. The van der Waals surface area contributed by atoms with Gasteiger partial charge in [-0.05, 0) is 44.2 Å². The van der Waals surface area contributed by atoms with E-state index < -0.39 is 0 Å². The molecule has 4 nitrogen and oxygen atoms in total. The van der Waals surface area contributed by atoms with Crippen molar-refractivity contribution in [2.24, 2.45) is 0 Å². The van der Waals surface area contributed by atoms with E-state index in [4.69, 9.17) is 17.3 Å². The van der Waals surface area contributed by atoms with Crippen molar-refractivity contribution in [3.8, 4) is 11.4 Å². The minimum atomic E-state index is 0.670. The van der Waals surface area contributed by atoms with Crippen LogP contribution in [0.15, 0.2) is 54.6 Å². The molecule has 0 N–H and O–H groups in total. The lowest BCUT2D eigenvalue weighted by molar-refractivity contribution is 0.244. The van der Waals surface area contributed by atoms with E-state index in [1.54, 1.807) is 0 Å². The molecule has 0 bridgehead atoms. The Bertz CT molecular complexity index is 911. The lowest BCUT2D eigenvalue weighted by Gasteiger charge is -2.16. The third-order valence-corrected chi connectivity index (χ3v) is 4.75. The second-order valence-corrected chi connectivity index (χ2v) is 7.13. The monoisotopic (exact) mass is 366 g/mol. The van der Waals surface area contributed by atoms with Crippen molar-refractivity contribution in [3.05, 3.63) is 70.5 Å². The first-order chi connectivity index (χ1) is 12.6. The average molecular weight is 367 g/mol. The van der Waals surface area contributed by atoms with Crippen LogP contribution < -0.4 is 0 Å². The van der Waals surface area contributed by atoms with Gasteiger partial charge in [-0.3, -0.25) is 9.47 Å². The Kier molecular flexibility index (Phi) is 6.01. The zero-order valence-electron chi connectivity index (χ0n) is 15.7. The molecule has 0 amide bonds. The Labute approximate surface area is 160 Å². The summed E-state index contributed by atoms with van der Waals surface area (Å²) in [6.45, 7) is 6.68. The molecule has 0 aliphatic carbocycles. The molecule has 3 rings (SSSR count). The summed E-state index contributed by atoms with van der Waals surface area (Å²) >= 11 is 5.73. The van der Waals surface area contributed by atoms with Crippen molar-refractivity contribution >= 4 is 12.2 Å². The van der Waals surface area contributed by atoms with Crippen LogP contribution in [0.1, 0.15) is 24.5 Å². The molecule has 1 heterocycles. The van der Waals surface area contributed by atoms with Gasteiger partial charge in [0, 0.05) is 18.7 Å². The van der Waals surface area contributed by atoms with Gasteiger partial charge in [-0.1, -0.05) is 61.0 Å². The highest BCUT2D eigenvalue weighted by Crippen LogP contribution is 2.20. The SMILES string of the molecule is CCCn1c(-c2cccc(C)c2)nn(CN(C)Cc2ccccc2)c1=S. The topological polar surface area (TPSA) is 26.0 Å². The molecular weight excluding hydrogens is 340 g/mol. The van der Waals surface area contributed by atoms with Crippen LogP contribution in [-0.4, -0.2) is 26.3 Å². The van der Waals surface area contributed by atoms with Gasteiger partial charge in [-0.2, -0.15) is 5.10 Å². The van der Waals surface area contributed by atoms with Crippen LogP contribution in [-0.2, 0) is 19.8 Å². The van der Waals surface area contributed by atoms with Crippen LogP contribution in [0.4, 0.5) is 0 Å². The van der Waals surface area contributed by atoms with E-state index >= 15 is 0 Å². The maximum absolute atomic E-state index is 5.73. The maximum atomic E-state index is 5.73. The molecule has 3 aromatic rings. The maximum Gasteiger partial charge on any atom is 0.199 e. The summed E-state index contributed by atoms with van der Waals surface area (Å²) in [4.78, 5) is 2.23. The van der Waals surface area contributed by atoms with Gasteiger partial charge in [0.2, 0.25) is 0 Å². The van der Waals surface area contributed by atoms with Gasteiger partial charge in [0.05, 0.1) is 6.67 Å². The predicted octanol–water partition coefficient (Wildman–Crippen LogP) is 4.89. The number of aryl methyl sites for hydroxylation is 1. The van der Waals surface area contributed by atoms with E-state index in [9.17, 15) is 0 Å². The first kappa shape index (κ1) is 18.5. The summed E-state index contributed by atoms with van der Waals surface area (Å²) in [5, 5.41) is 4.86. The molecule has 0 unspecified atom stereocenters. The Morgan fingerprint density at radius 2 is 1.85 bits per heavy atom. The summed E-state index contributed by atoms with van der Waals surface area (Å²) in [5.74, 6) is 0.952. The molecule has 0 radical (unpaired) electrons. The smallest absolute Gasteiger partial charge is 0.199 e. The Balaban J connectivity index is 1.88. The van der Waals surface area contributed by atoms with E-state index in [1.807, 2.05) is 10.7 Å². The van der Waals surface area contributed by atoms with Crippen molar-refractivity contribution in [2.45, 2.75) is 40.0 Å². The van der Waals surface area contributed by atoms with Crippen LogP contribution in [0.5, 0.6) is 0 Å². The Morgan fingerprint density at radius 1 is 1.08 bits per heavy atom. The van der Waals surface area contributed by atoms with Crippen molar-refractivity contribution in [1.29, 1.82) is 0 Å². The third kappa shape index (κ3) is 4.29. The second-order valence-electron chi connectivity index (χ2n) is 6.77. The van der Waals surface area contributed by atoms with Crippen LogP contribution in [0.3, 0.4) is 0 Å². The quantitative estimate of drug-likeness (QED) is 0.557. The number of hydrogen-bond acceptors (Lipinski definition) is 3. The van der Waals surface area contributed by atoms with E-state index in [2.05, 4.69) is 78.9 Å². The normalized spacial score (nSPS) is 11.2. The van der Waals surface area contributed by atoms with Gasteiger partial charge in [0.15, 0.2) is 10.6 Å². The van der Waals surface area contributed by atoms with Crippen LogP contribution in [0, 0.1) is 11.7 Å². The van der Waals surface area contributed by atoms with Gasteiger partial charge in [0.1, 0.15) is 0 Å². The third-order valence-electron chi connectivity index (χ3n) is 4.32. The van der Waals surface area contributed by atoms with Crippen LogP contribution in [0.25, 0.3) is 11.4 Å². The van der Waals surface area contributed by atoms with Crippen molar-refractivity contribution in [3.63, 3.8) is 0 Å². The van der Waals surface area contributed by atoms with Gasteiger partial charge in [0.25, 0.3) is 0 Å². The van der Waals surface area contributed by atoms with Crippen molar-refractivity contribution in [1.82, 2.24) is 19.2 Å². The summed E-state index contributed by atoms with van der Waals surface area (Å²) in [5.41, 5.74) is 3.63. The first-order valence-corrected chi connectivity index (χ1v) is 9.46. The molecule has 136 valence electrons. The molecule has 26 heavy (non-hydrogen) atoms. The highest BCUT2D eigenvalue weighted by Gasteiger charge is 2.13. The number of aromatic nitrogens is 3. The first-order valence-electron chi connectivity index (χ1n) is 9.05. The fourth-order valence-electron chi connectivity index (χ4n) is 3.13.